The van der Waals surface area contributed by atoms with Gasteiger partial charge in [-0.2, -0.15) is 0 Å². The van der Waals surface area contributed by atoms with E-state index in [2.05, 4.69) is 25.4 Å². The highest BCUT2D eigenvalue weighted by atomic mass is 16.6. The molecule has 6 nitrogen and oxygen atoms in total. The van der Waals surface area contributed by atoms with Crippen LogP contribution >= 0.6 is 0 Å². The number of aromatic nitrogens is 3. The molecule has 0 spiro atoms. The third-order valence-corrected chi connectivity index (χ3v) is 3.75. The molecule has 6 heteroatoms. The van der Waals surface area contributed by atoms with Crippen molar-refractivity contribution in [1.82, 2.24) is 15.0 Å². The molecule has 2 aromatic heterocycles. The Hall–Kier alpha value is -2.11. The van der Waals surface area contributed by atoms with Crippen LogP contribution in [0.2, 0.25) is 0 Å². The van der Waals surface area contributed by atoms with Crippen molar-refractivity contribution in [3.63, 3.8) is 0 Å². The second kappa shape index (κ2) is 4.47. The maximum Gasteiger partial charge on any atom is 0.150 e. The Kier molecular flexibility index (Phi) is 2.61. The van der Waals surface area contributed by atoms with E-state index in [0.29, 0.717) is 12.5 Å². The van der Waals surface area contributed by atoms with Gasteiger partial charge < -0.3 is 15.1 Å². The van der Waals surface area contributed by atoms with Crippen molar-refractivity contribution in [2.24, 2.45) is 5.16 Å². The van der Waals surface area contributed by atoms with Gasteiger partial charge in [0, 0.05) is 18.5 Å². The van der Waals surface area contributed by atoms with Crippen molar-refractivity contribution in [3.8, 4) is 0 Å². The zero-order valence-electron chi connectivity index (χ0n) is 11.4. The molecule has 104 valence electrons. The van der Waals surface area contributed by atoms with E-state index in [1.807, 2.05) is 19.2 Å². The van der Waals surface area contributed by atoms with Gasteiger partial charge in [-0.05, 0) is 25.8 Å². The Morgan fingerprint density at radius 2 is 2.30 bits per heavy atom. The van der Waals surface area contributed by atoms with E-state index < -0.39 is 0 Å². The summed E-state index contributed by atoms with van der Waals surface area (Å²) in [7, 11) is 0. The molecular formula is C14H17N5O. The van der Waals surface area contributed by atoms with Gasteiger partial charge in [0.05, 0.1) is 17.6 Å². The number of nitrogens with one attached hydrogen (secondary N) is 2. The van der Waals surface area contributed by atoms with Crippen molar-refractivity contribution in [1.29, 1.82) is 0 Å². The fourth-order valence-corrected chi connectivity index (χ4v) is 2.51. The van der Waals surface area contributed by atoms with Crippen LogP contribution in [-0.4, -0.2) is 33.3 Å². The van der Waals surface area contributed by atoms with E-state index in [-0.39, 0.29) is 6.10 Å². The average Bonchev–Trinajstić information content (AvgIpc) is 3.05. The summed E-state index contributed by atoms with van der Waals surface area (Å²) in [6.07, 6.45) is 5.28. The van der Waals surface area contributed by atoms with Gasteiger partial charge in [-0.3, -0.25) is 0 Å². The Balaban J connectivity index is 1.56. The van der Waals surface area contributed by atoms with Crippen LogP contribution in [0.25, 0.3) is 11.0 Å². The predicted octanol–water partition coefficient (Wildman–Crippen LogP) is 2.41. The van der Waals surface area contributed by atoms with Gasteiger partial charge in [0.25, 0.3) is 0 Å². The lowest BCUT2D eigenvalue weighted by Gasteiger charge is -2.12. The van der Waals surface area contributed by atoms with Crippen LogP contribution in [0.5, 0.6) is 0 Å². The summed E-state index contributed by atoms with van der Waals surface area (Å²) in [6, 6.07) is 2.01. The normalized spacial score (nSPS) is 21.9. The molecule has 1 atom stereocenters. The maximum absolute atomic E-state index is 5.34. The molecule has 4 rings (SSSR count). The number of anilines is 1. The first kappa shape index (κ1) is 11.7. The molecule has 1 fully saturated rings. The Labute approximate surface area is 116 Å². The van der Waals surface area contributed by atoms with E-state index >= 15 is 0 Å². The van der Waals surface area contributed by atoms with Crippen molar-refractivity contribution < 1.29 is 4.84 Å². The third-order valence-electron chi connectivity index (χ3n) is 3.75. The highest BCUT2D eigenvalue weighted by Crippen LogP contribution is 2.39. The zero-order chi connectivity index (χ0) is 13.5. The molecular weight excluding hydrogens is 254 g/mol. The summed E-state index contributed by atoms with van der Waals surface area (Å²) in [5, 5.41) is 8.40. The Morgan fingerprint density at radius 1 is 1.40 bits per heavy atom. The van der Waals surface area contributed by atoms with Crippen LogP contribution in [0.15, 0.2) is 17.4 Å². The molecule has 1 unspecified atom stereocenters. The lowest BCUT2D eigenvalue weighted by atomic mass is 10.2. The molecule has 1 aliphatic heterocycles. The average molecular weight is 271 g/mol. The van der Waals surface area contributed by atoms with E-state index in [4.69, 9.17) is 4.84 Å². The number of nitrogens with zero attached hydrogens (tertiary/aromatic N) is 3. The Bertz CT molecular complexity index is 673. The minimum atomic E-state index is 0.100. The quantitative estimate of drug-likeness (QED) is 0.895. The zero-order valence-corrected chi connectivity index (χ0v) is 11.4. The van der Waals surface area contributed by atoms with Crippen LogP contribution in [0.3, 0.4) is 0 Å². The molecule has 0 radical (unpaired) electrons. The van der Waals surface area contributed by atoms with Crippen LogP contribution in [0, 0.1) is 0 Å². The number of oxime groups is 1. The summed E-state index contributed by atoms with van der Waals surface area (Å²) in [5.74, 6) is 2.38. The van der Waals surface area contributed by atoms with E-state index in [9.17, 15) is 0 Å². The smallest absolute Gasteiger partial charge is 0.150 e. The summed E-state index contributed by atoms with van der Waals surface area (Å²) < 4.78 is 0. The van der Waals surface area contributed by atoms with Gasteiger partial charge in [0.15, 0.2) is 0 Å². The SMILES string of the molecule is CC1=NOC(CNc2nc(C3CC3)nc3[nH]ccc23)C1. The molecule has 0 saturated heterocycles. The molecule has 0 amide bonds. The van der Waals surface area contributed by atoms with Crippen molar-refractivity contribution in [2.75, 3.05) is 11.9 Å². The molecule has 2 aliphatic rings. The number of aromatic amines is 1. The standard InChI is InChI=1S/C14H17N5O/c1-8-6-10(20-19-8)7-16-14-11-4-5-15-13(11)17-12(18-14)9-2-3-9/h4-5,9-10H,2-3,6-7H2,1H3,(H2,15,16,17,18). The summed E-state index contributed by atoms with van der Waals surface area (Å²) in [5.41, 5.74) is 1.95. The molecule has 1 aliphatic carbocycles. The molecule has 1 saturated carbocycles. The fraction of sp³-hybridized carbons (Fsp3) is 0.500. The number of hydrogen-bond acceptors (Lipinski definition) is 5. The van der Waals surface area contributed by atoms with Crippen LogP contribution in [0.4, 0.5) is 5.82 Å². The summed E-state index contributed by atoms with van der Waals surface area (Å²) in [4.78, 5) is 17.8. The van der Waals surface area contributed by atoms with Crippen molar-refractivity contribution in [2.45, 2.75) is 38.2 Å². The second-order valence-corrected chi connectivity index (χ2v) is 5.58. The first-order valence-corrected chi connectivity index (χ1v) is 7.08. The fourth-order valence-electron chi connectivity index (χ4n) is 2.51. The minimum Gasteiger partial charge on any atom is -0.390 e. The van der Waals surface area contributed by atoms with E-state index in [1.54, 1.807) is 0 Å². The van der Waals surface area contributed by atoms with Crippen molar-refractivity contribution in [3.05, 3.63) is 18.1 Å². The lowest BCUT2D eigenvalue weighted by Crippen LogP contribution is -2.20. The van der Waals surface area contributed by atoms with Gasteiger partial charge in [0.1, 0.15) is 23.4 Å². The van der Waals surface area contributed by atoms with Gasteiger partial charge in [-0.1, -0.05) is 5.16 Å². The molecule has 20 heavy (non-hydrogen) atoms. The molecule has 2 aromatic rings. The number of hydrogen-bond donors (Lipinski definition) is 2. The Morgan fingerprint density at radius 3 is 3.05 bits per heavy atom. The highest BCUT2D eigenvalue weighted by molar-refractivity contribution is 5.87. The largest absolute Gasteiger partial charge is 0.390 e. The summed E-state index contributed by atoms with van der Waals surface area (Å²) >= 11 is 0. The predicted molar refractivity (Wildman–Crippen MR) is 77.0 cm³/mol. The van der Waals surface area contributed by atoms with Crippen LogP contribution in [0.1, 0.15) is 37.9 Å². The van der Waals surface area contributed by atoms with E-state index in [1.165, 1.54) is 12.8 Å². The molecule has 0 aromatic carbocycles. The number of H-pyrrole nitrogens is 1. The van der Waals surface area contributed by atoms with Gasteiger partial charge in [0.2, 0.25) is 0 Å². The number of rotatable bonds is 4. The maximum atomic E-state index is 5.34. The lowest BCUT2D eigenvalue weighted by molar-refractivity contribution is 0.0949. The van der Waals surface area contributed by atoms with Crippen LogP contribution < -0.4 is 5.32 Å². The third kappa shape index (κ3) is 2.11. The molecule has 2 N–H and O–H groups in total. The minimum absolute atomic E-state index is 0.100. The monoisotopic (exact) mass is 271 g/mol. The summed E-state index contributed by atoms with van der Waals surface area (Å²) in [6.45, 7) is 2.70. The van der Waals surface area contributed by atoms with Gasteiger partial charge >= 0.3 is 0 Å². The van der Waals surface area contributed by atoms with Crippen LogP contribution in [-0.2, 0) is 4.84 Å². The first-order chi connectivity index (χ1) is 9.79. The first-order valence-electron chi connectivity index (χ1n) is 7.08. The number of fused-ring (bicyclic) bond motifs is 1. The second-order valence-electron chi connectivity index (χ2n) is 5.58. The molecule has 0 bridgehead atoms. The topological polar surface area (TPSA) is 75.2 Å². The van der Waals surface area contributed by atoms with Crippen molar-refractivity contribution >= 4 is 22.6 Å². The molecule has 3 heterocycles. The van der Waals surface area contributed by atoms with Gasteiger partial charge in [-0.25, -0.2) is 9.97 Å². The highest BCUT2D eigenvalue weighted by Gasteiger charge is 2.28. The van der Waals surface area contributed by atoms with E-state index in [0.717, 1.165) is 34.8 Å². The van der Waals surface area contributed by atoms with Gasteiger partial charge in [-0.15, -0.1) is 0 Å².